The van der Waals surface area contributed by atoms with E-state index in [0.717, 1.165) is 52.9 Å². The van der Waals surface area contributed by atoms with Crippen molar-refractivity contribution in [3.8, 4) is 22.6 Å². The molecule has 0 amide bonds. The SMILES string of the molecule is Nc1cc(-c2n[nH]c3ccc(-c4n[nH]c([C@@H]5CCCN(Cc6c(F)cccc6F)C5)n4)cc23)ccn1. The average Bonchev–Trinajstić information content (AvgIpc) is 3.54. The number of fused-ring (bicyclic) bond motifs is 1. The molecule has 8 nitrogen and oxygen atoms in total. The Hall–Kier alpha value is -4.18. The minimum atomic E-state index is -0.512. The summed E-state index contributed by atoms with van der Waals surface area (Å²) in [5.74, 6) is 0.870. The maximum atomic E-state index is 14.1. The van der Waals surface area contributed by atoms with Gasteiger partial charge in [0, 0.05) is 47.3 Å². The zero-order chi connectivity index (χ0) is 24.6. The van der Waals surface area contributed by atoms with Crippen molar-refractivity contribution in [2.75, 3.05) is 18.8 Å². The molecule has 0 bridgehead atoms. The first-order chi connectivity index (χ1) is 17.5. The number of pyridine rings is 1. The first-order valence-corrected chi connectivity index (χ1v) is 11.8. The molecule has 1 aliphatic rings. The molecule has 182 valence electrons. The van der Waals surface area contributed by atoms with Gasteiger partial charge >= 0.3 is 0 Å². The van der Waals surface area contributed by atoms with Crippen LogP contribution in [0.4, 0.5) is 14.6 Å². The molecular weight excluding hydrogens is 462 g/mol. The number of halogens is 2. The van der Waals surface area contributed by atoms with E-state index in [1.54, 1.807) is 12.3 Å². The second-order valence-corrected chi connectivity index (χ2v) is 9.12. The van der Waals surface area contributed by atoms with Gasteiger partial charge in [-0.15, -0.1) is 0 Å². The van der Waals surface area contributed by atoms with Gasteiger partial charge in [0.05, 0.1) is 5.52 Å². The van der Waals surface area contributed by atoms with Gasteiger partial charge in [0.1, 0.15) is 29.0 Å². The Kier molecular flexibility index (Phi) is 5.65. The van der Waals surface area contributed by atoms with E-state index < -0.39 is 11.6 Å². The summed E-state index contributed by atoms with van der Waals surface area (Å²) >= 11 is 0. The van der Waals surface area contributed by atoms with E-state index in [1.165, 1.54) is 18.2 Å². The summed E-state index contributed by atoms with van der Waals surface area (Å²) in [5.41, 5.74) is 9.36. The molecule has 1 saturated heterocycles. The number of likely N-dealkylation sites (tertiary alicyclic amines) is 1. The lowest BCUT2D eigenvalue weighted by Gasteiger charge is -2.31. The van der Waals surface area contributed by atoms with Crippen LogP contribution in [0.1, 0.15) is 30.1 Å². The summed E-state index contributed by atoms with van der Waals surface area (Å²) in [4.78, 5) is 10.9. The van der Waals surface area contributed by atoms with Gasteiger partial charge in [-0.1, -0.05) is 6.07 Å². The van der Waals surface area contributed by atoms with Crippen molar-refractivity contribution in [1.82, 2.24) is 35.3 Å². The van der Waals surface area contributed by atoms with Crippen LogP contribution >= 0.6 is 0 Å². The maximum absolute atomic E-state index is 14.1. The number of hydrogen-bond acceptors (Lipinski definition) is 6. The summed E-state index contributed by atoms with van der Waals surface area (Å²) < 4.78 is 28.3. The van der Waals surface area contributed by atoms with E-state index >= 15 is 0 Å². The fourth-order valence-electron chi connectivity index (χ4n) is 4.88. The molecule has 1 aliphatic heterocycles. The molecule has 0 radical (unpaired) electrons. The highest BCUT2D eigenvalue weighted by atomic mass is 19.1. The Morgan fingerprint density at radius 3 is 2.69 bits per heavy atom. The molecule has 0 unspecified atom stereocenters. The zero-order valence-corrected chi connectivity index (χ0v) is 19.4. The summed E-state index contributed by atoms with van der Waals surface area (Å²) in [5, 5.41) is 16.0. The van der Waals surface area contributed by atoms with Crippen LogP contribution < -0.4 is 5.73 Å². The molecule has 1 fully saturated rings. The van der Waals surface area contributed by atoms with E-state index in [2.05, 4.69) is 30.3 Å². The molecule has 3 aromatic heterocycles. The summed E-state index contributed by atoms with van der Waals surface area (Å²) in [7, 11) is 0. The van der Waals surface area contributed by atoms with Crippen molar-refractivity contribution in [1.29, 1.82) is 0 Å². The lowest BCUT2D eigenvalue weighted by molar-refractivity contribution is 0.192. The molecule has 0 spiro atoms. The summed E-state index contributed by atoms with van der Waals surface area (Å²) in [6, 6.07) is 13.6. The average molecular weight is 487 g/mol. The van der Waals surface area contributed by atoms with Gasteiger partial charge in [-0.3, -0.25) is 15.1 Å². The minimum absolute atomic E-state index is 0.0999. The normalized spacial score (nSPS) is 16.6. The van der Waals surface area contributed by atoms with E-state index in [1.807, 2.05) is 24.3 Å². The van der Waals surface area contributed by atoms with E-state index in [9.17, 15) is 8.78 Å². The van der Waals surface area contributed by atoms with Crippen molar-refractivity contribution in [3.63, 3.8) is 0 Å². The number of hydrogen-bond donors (Lipinski definition) is 3. The van der Waals surface area contributed by atoms with E-state index in [4.69, 9.17) is 10.7 Å². The first kappa shape index (κ1) is 22.3. The largest absolute Gasteiger partial charge is 0.384 e. The molecule has 1 atom stereocenters. The number of nitrogens with one attached hydrogen (secondary N) is 2. The Labute approximate surface area is 205 Å². The summed E-state index contributed by atoms with van der Waals surface area (Å²) in [6.07, 6.45) is 3.50. The minimum Gasteiger partial charge on any atom is -0.384 e. The second-order valence-electron chi connectivity index (χ2n) is 9.12. The van der Waals surface area contributed by atoms with Crippen LogP contribution in [-0.2, 0) is 6.54 Å². The number of nitrogens with two attached hydrogens (primary N) is 1. The summed E-state index contributed by atoms with van der Waals surface area (Å²) in [6.45, 7) is 1.66. The maximum Gasteiger partial charge on any atom is 0.181 e. The van der Waals surface area contributed by atoms with Gasteiger partial charge in [-0.2, -0.15) is 10.2 Å². The van der Waals surface area contributed by atoms with Gasteiger partial charge in [0.15, 0.2) is 5.82 Å². The van der Waals surface area contributed by atoms with Crippen molar-refractivity contribution in [2.24, 2.45) is 0 Å². The van der Waals surface area contributed by atoms with Gasteiger partial charge in [0.2, 0.25) is 0 Å². The molecule has 0 aliphatic carbocycles. The van der Waals surface area contributed by atoms with Gasteiger partial charge in [-0.25, -0.2) is 18.7 Å². The second kappa shape index (κ2) is 9.12. The first-order valence-electron chi connectivity index (χ1n) is 11.8. The van der Waals surface area contributed by atoms with Crippen LogP contribution in [-0.4, -0.2) is 48.4 Å². The molecule has 2 aromatic carbocycles. The number of H-pyrrole nitrogens is 2. The van der Waals surface area contributed by atoms with Gasteiger partial charge in [-0.05, 0) is 61.9 Å². The Morgan fingerprint density at radius 2 is 1.86 bits per heavy atom. The number of piperidine rings is 1. The van der Waals surface area contributed by atoms with Crippen molar-refractivity contribution >= 4 is 16.7 Å². The number of anilines is 1. The number of nitrogen functional groups attached to an aromatic ring is 1. The van der Waals surface area contributed by atoms with Crippen LogP contribution in [0, 0.1) is 11.6 Å². The van der Waals surface area contributed by atoms with Crippen LogP contribution in [0.15, 0.2) is 54.7 Å². The quantitative estimate of drug-likeness (QED) is 0.333. The lowest BCUT2D eigenvalue weighted by Crippen LogP contribution is -2.34. The third-order valence-corrected chi connectivity index (χ3v) is 6.71. The van der Waals surface area contributed by atoms with Crippen LogP contribution in [0.3, 0.4) is 0 Å². The predicted molar refractivity (Wildman–Crippen MR) is 133 cm³/mol. The van der Waals surface area contributed by atoms with E-state index in [-0.39, 0.29) is 18.0 Å². The highest BCUT2D eigenvalue weighted by molar-refractivity contribution is 5.95. The van der Waals surface area contributed by atoms with Gasteiger partial charge in [0.25, 0.3) is 0 Å². The number of benzene rings is 2. The molecule has 5 aromatic rings. The number of aromatic amines is 2. The Balaban J connectivity index is 1.24. The van der Waals surface area contributed by atoms with Crippen LogP contribution in [0.5, 0.6) is 0 Å². The number of nitrogens with zero attached hydrogens (tertiary/aromatic N) is 5. The lowest BCUT2D eigenvalue weighted by atomic mass is 9.97. The zero-order valence-electron chi connectivity index (χ0n) is 19.4. The molecule has 36 heavy (non-hydrogen) atoms. The molecular formula is C26H24F2N8. The molecule has 0 saturated carbocycles. The molecule has 4 heterocycles. The highest BCUT2D eigenvalue weighted by Gasteiger charge is 2.26. The Morgan fingerprint density at radius 1 is 1.00 bits per heavy atom. The monoisotopic (exact) mass is 486 g/mol. The Bertz CT molecular complexity index is 1520. The third kappa shape index (κ3) is 4.20. The van der Waals surface area contributed by atoms with Gasteiger partial charge < -0.3 is 5.73 Å². The topological polar surface area (TPSA) is 112 Å². The molecule has 10 heteroatoms. The third-order valence-electron chi connectivity index (χ3n) is 6.71. The predicted octanol–water partition coefficient (Wildman–Crippen LogP) is 4.65. The molecule has 6 rings (SSSR count). The fraction of sp³-hybridized carbons (Fsp3) is 0.231. The smallest absolute Gasteiger partial charge is 0.181 e. The van der Waals surface area contributed by atoms with Crippen molar-refractivity contribution in [2.45, 2.75) is 25.3 Å². The number of rotatable bonds is 5. The van der Waals surface area contributed by atoms with E-state index in [0.29, 0.717) is 18.2 Å². The molecule has 4 N–H and O–H groups in total. The highest BCUT2D eigenvalue weighted by Crippen LogP contribution is 2.31. The fourth-order valence-corrected chi connectivity index (χ4v) is 4.88. The number of aromatic nitrogens is 6. The standard InChI is InChI=1S/C26H24F2N8/c27-20-4-1-5-21(28)19(20)14-36-10-2-3-17(13-36)26-31-25(34-35-26)16-6-7-22-18(11-16)24(33-32-22)15-8-9-30-23(29)12-15/h1,4-9,11-12,17H,2-3,10,13-14H2,(H2,29,30)(H,32,33)(H,31,34,35)/t17-/m1/s1. The van der Waals surface area contributed by atoms with Crippen LogP contribution in [0.2, 0.25) is 0 Å². The van der Waals surface area contributed by atoms with Crippen LogP contribution in [0.25, 0.3) is 33.5 Å². The van der Waals surface area contributed by atoms with Crippen molar-refractivity contribution in [3.05, 3.63) is 77.8 Å². The van der Waals surface area contributed by atoms with Crippen molar-refractivity contribution < 1.29 is 8.78 Å².